The maximum Gasteiger partial charge on any atom is 0.137 e. The summed E-state index contributed by atoms with van der Waals surface area (Å²) in [5, 5.41) is 9.56. The van der Waals surface area contributed by atoms with Crippen LogP contribution in [0.3, 0.4) is 0 Å². The van der Waals surface area contributed by atoms with Crippen molar-refractivity contribution < 1.29 is 4.74 Å². The number of ether oxygens (including phenoxy) is 1. The molecule has 0 amide bonds. The smallest absolute Gasteiger partial charge is 0.137 e. The predicted molar refractivity (Wildman–Crippen MR) is 72.4 cm³/mol. The van der Waals surface area contributed by atoms with Crippen LogP contribution in [0.2, 0.25) is 5.02 Å². The Bertz CT molecular complexity index is 610. The molecule has 0 saturated heterocycles. The zero-order valence-corrected chi connectivity index (χ0v) is 11.6. The fourth-order valence-corrected chi connectivity index (χ4v) is 1.93. The minimum absolute atomic E-state index is 0.303. The number of halogens is 2. The fourth-order valence-electron chi connectivity index (χ4n) is 1.39. The van der Waals surface area contributed by atoms with E-state index in [4.69, 9.17) is 21.6 Å². The van der Waals surface area contributed by atoms with Crippen molar-refractivity contribution in [2.75, 3.05) is 0 Å². The molecule has 2 aromatic rings. The van der Waals surface area contributed by atoms with Crippen LogP contribution >= 0.6 is 27.5 Å². The second kappa shape index (κ2) is 5.85. The summed E-state index contributed by atoms with van der Waals surface area (Å²) < 4.78 is 6.44. The summed E-state index contributed by atoms with van der Waals surface area (Å²) >= 11 is 9.28. The molecule has 0 aliphatic rings. The van der Waals surface area contributed by atoms with Crippen LogP contribution in [0.15, 0.2) is 41.1 Å². The van der Waals surface area contributed by atoms with Gasteiger partial charge in [0.1, 0.15) is 18.4 Å². The van der Waals surface area contributed by atoms with Crippen molar-refractivity contribution in [3.05, 3.63) is 57.3 Å². The van der Waals surface area contributed by atoms with E-state index in [1.807, 2.05) is 6.07 Å². The molecule has 0 unspecified atom stereocenters. The van der Waals surface area contributed by atoms with Crippen molar-refractivity contribution in [2.45, 2.75) is 6.61 Å². The highest BCUT2D eigenvalue weighted by molar-refractivity contribution is 9.10. The van der Waals surface area contributed by atoms with E-state index in [0.717, 1.165) is 10.0 Å². The van der Waals surface area contributed by atoms with Crippen LogP contribution in [0.5, 0.6) is 5.75 Å². The normalized spacial score (nSPS) is 9.83. The molecular formula is C13H8BrClN2O. The Morgan fingerprint density at radius 2 is 2.22 bits per heavy atom. The van der Waals surface area contributed by atoms with E-state index in [1.165, 1.54) is 0 Å². The average Bonchev–Trinajstić information content (AvgIpc) is 2.39. The summed E-state index contributed by atoms with van der Waals surface area (Å²) in [5.41, 5.74) is 1.31. The number of pyridine rings is 1. The highest BCUT2D eigenvalue weighted by atomic mass is 79.9. The molecule has 0 bridgehead atoms. The van der Waals surface area contributed by atoms with Gasteiger partial charge in [-0.1, -0.05) is 27.5 Å². The van der Waals surface area contributed by atoms with Crippen LogP contribution < -0.4 is 4.74 Å². The molecule has 0 fully saturated rings. The Morgan fingerprint density at radius 3 is 2.94 bits per heavy atom. The molecule has 0 spiro atoms. The summed E-state index contributed by atoms with van der Waals surface area (Å²) in [6, 6.07) is 9.16. The Kier molecular flexibility index (Phi) is 4.19. The topological polar surface area (TPSA) is 45.9 Å². The van der Waals surface area contributed by atoms with E-state index in [1.54, 1.807) is 30.6 Å². The van der Waals surface area contributed by atoms with Gasteiger partial charge in [0.15, 0.2) is 0 Å². The number of hydrogen-bond acceptors (Lipinski definition) is 3. The van der Waals surface area contributed by atoms with E-state index in [2.05, 4.69) is 27.0 Å². The Labute approximate surface area is 118 Å². The maximum atomic E-state index is 9.01. The molecule has 1 aromatic carbocycles. The Morgan fingerprint density at radius 1 is 1.39 bits per heavy atom. The van der Waals surface area contributed by atoms with Gasteiger partial charge in [-0.25, -0.2) is 0 Å². The minimum Gasteiger partial charge on any atom is -0.487 e. The van der Waals surface area contributed by atoms with E-state index in [0.29, 0.717) is 22.9 Å². The van der Waals surface area contributed by atoms with Crippen LogP contribution in [0, 0.1) is 11.3 Å². The summed E-state index contributed by atoms with van der Waals surface area (Å²) in [4.78, 5) is 3.90. The first kappa shape index (κ1) is 12.9. The summed E-state index contributed by atoms with van der Waals surface area (Å²) in [6.07, 6.45) is 3.21. The zero-order valence-electron chi connectivity index (χ0n) is 9.23. The van der Waals surface area contributed by atoms with Crippen molar-refractivity contribution in [2.24, 2.45) is 0 Å². The third-order valence-corrected chi connectivity index (χ3v) is 3.14. The van der Waals surface area contributed by atoms with Gasteiger partial charge in [-0.3, -0.25) is 4.98 Å². The molecule has 0 aliphatic heterocycles. The van der Waals surface area contributed by atoms with Gasteiger partial charge >= 0.3 is 0 Å². The number of nitriles is 1. The highest BCUT2D eigenvalue weighted by Gasteiger charge is 2.06. The fraction of sp³-hybridized carbons (Fsp3) is 0.0769. The molecular weight excluding hydrogens is 316 g/mol. The lowest BCUT2D eigenvalue weighted by Crippen LogP contribution is -1.98. The third kappa shape index (κ3) is 3.00. The van der Waals surface area contributed by atoms with Crippen LogP contribution in [-0.2, 0) is 6.61 Å². The second-order valence-corrected chi connectivity index (χ2v) is 4.83. The van der Waals surface area contributed by atoms with Crippen molar-refractivity contribution >= 4 is 27.5 Å². The predicted octanol–water partition coefficient (Wildman–Crippen LogP) is 3.95. The third-order valence-electron chi connectivity index (χ3n) is 2.30. The standard InChI is InChI=1S/C13H8BrClN2O/c14-11-1-2-13(10(5-11)6-16)18-8-9-3-4-17-7-12(9)15/h1-5,7H,8H2. The molecule has 5 heteroatoms. The molecule has 0 saturated carbocycles. The van der Waals surface area contributed by atoms with Crippen molar-refractivity contribution in [1.82, 2.24) is 4.98 Å². The van der Waals surface area contributed by atoms with Gasteiger partial charge in [0.2, 0.25) is 0 Å². The molecule has 0 atom stereocenters. The number of nitrogens with zero attached hydrogens (tertiary/aromatic N) is 2. The highest BCUT2D eigenvalue weighted by Crippen LogP contribution is 2.24. The van der Waals surface area contributed by atoms with E-state index in [-0.39, 0.29) is 0 Å². The maximum absolute atomic E-state index is 9.01. The second-order valence-electron chi connectivity index (χ2n) is 3.51. The summed E-state index contributed by atoms with van der Waals surface area (Å²) in [5.74, 6) is 0.536. The molecule has 0 radical (unpaired) electrons. The van der Waals surface area contributed by atoms with Crippen LogP contribution in [0.4, 0.5) is 0 Å². The van der Waals surface area contributed by atoms with Gasteiger partial charge in [0.25, 0.3) is 0 Å². The number of rotatable bonds is 3. The lowest BCUT2D eigenvalue weighted by Gasteiger charge is -2.09. The molecule has 90 valence electrons. The first-order valence-corrected chi connectivity index (χ1v) is 6.28. The molecule has 1 aromatic heterocycles. The monoisotopic (exact) mass is 322 g/mol. The number of aromatic nitrogens is 1. The van der Waals surface area contributed by atoms with E-state index < -0.39 is 0 Å². The summed E-state index contributed by atoms with van der Waals surface area (Å²) in [7, 11) is 0. The molecule has 2 rings (SSSR count). The van der Waals surface area contributed by atoms with Gasteiger partial charge in [0.05, 0.1) is 10.6 Å². The SMILES string of the molecule is N#Cc1cc(Br)ccc1OCc1ccncc1Cl. The quantitative estimate of drug-likeness (QED) is 0.859. The molecule has 18 heavy (non-hydrogen) atoms. The number of hydrogen-bond donors (Lipinski definition) is 0. The summed E-state index contributed by atoms with van der Waals surface area (Å²) in [6.45, 7) is 0.303. The van der Waals surface area contributed by atoms with Gasteiger partial charge in [0, 0.05) is 22.4 Å². The van der Waals surface area contributed by atoms with Gasteiger partial charge in [-0.15, -0.1) is 0 Å². The largest absolute Gasteiger partial charge is 0.487 e. The molecule has 0 N–H and O–H groups in total. The van der Waals surface area contributed by atoms with Gasteiger partial charge in [-0.05, 0) is 24.3 Å². The molecule has 3 nitrogen and oxygen atoms in total. The zero-order chi connectivity index (χ0) is 13.0. The van der Waals surface area contributed by atoms with Crippen LogP contribution in [0.1, 0.15) is 11.1 Å². The average molecular weight is 324 g/mol. The van der Waals surface area contributed by atoms with Gasteiger partial charge < -0.3 is 4.74 Å². The lowest BCUT2D eigenvalue weighted by atomic mass is 10.2. The van der Waals surface area contributed by atoms with E-state index >= 15 is 0 Å². The van der Waals surface area contributed by atoms with E-state index in [9.17, 15) is 0 Å². The van der Waals surface area contributed by atoms with Gasteiger partial charge in [-0.2, -0.15) is 5.26 Å². The lowest BCUT2D eigenvalue weighted by molar-refractivity contribution is 0.305. The molecule has 0 aliphatic carbocycles. The molecule has 1 heterocycles. The Hall–Kier alpha value is -1.57. The first-order chi connectivity index (χ1) is 8.70. The van der Waals surface area contributed by atoms with Crippen molar-refractivity contribution in [1.29, 1.82) is 5.26 Å². The minimum atomic E-state index is 0.303. The van der Waals surface area contributed by atoms with Crippen molar-refractivity contribution in [3.63, 3.8) is 0 Å². The van der Waals surface area contributed by atoms with Crippen LogP contribution in [-0.4, -0.2) is 4.98 Å². The van der Waals surface area contributed by atoms with Crippen molar-refractivity contribution in [3.8, 4) is 11.8 Å². The first-order valence-electron chi connectivity index (χ1n) is 5.11. The van der Waals surface area contributed by atoms with Crippen LogP contribution in [0.25, 0.3) is 0 Å². The number of benzene rings is 1. The Balaban J connectivity index is 2.16.